The van der Waals surface area contributed by atoms with E-state index < -0.39 is 11.3 Å². The highest BCUT2D eigenvalue weighted by molar-refractivity contribution is 5.81. The van der Waals surface area contributed by atoms with E-state index in [1.165, 1.54) is 0 Å². The van der Waals surface area contributed by atoms with Crippen molar-refractivity contribution in [1.29, 1.82) is 0 Å². The summed E-state index contributed by atoms with van der Waals surface area (Å²) in [6.07, 6.45) is 4.09. The Labute approximate surface area is 162 Å². The third kappa shape index (κ3) is 3.40. The Bertz CT molecular complexity index is 706. The van der Waals surface area contributed by atoms with Gasteiger partial charge in [0.25, 0.3) is 0 Å². The second kappa shape index (κ2) is 7.83. The zero-order chi connectivity index (χ0) is 19.5. The normalized spacial score (nSPS) is 18.8. The van der Waals surface area contributed by atoms with Gasteiger partial charge in [-0.25, -0.2) is 0 Å². The molecule has 144 valence electrons. The number of amides is 1. The van der Waals surface area contributed by atoms with Crippen molar-refractivity contribution in [3.63, 3.8) is 0 Å². The van der Waals surface area contributed by atoms with Crippen LogP contribution in [0.1, 0.15) is 57.1 Å². The van der Waals surface area contributed by atoms with Crippen molar-refractivity contribution in [3.05, 3.63) is 71.8 Å². The van der Waals surface area contributed by atoms with Crippen molar-refractivity contribution < 1.29 is 4.79 Å². The lowest BCUT2D eigenvalue weighted by Gasteiger charge is -2.53. The molecule has 0 bridgehead atoms. The van der Waals surface area contributed by atoms with Crippen LogP contribution < -0.4 is 11.5 Å². The average molecular weight is 366 g/mol. The van der Waals surface area contributed by atoms with Gasteiger partial charge < -0.3 is 11.5 Å². The van der Waals surface area contributed by atoms with Crippen molar-refractivity contribution in [2.75, 3.05) is 0 Å². The van der Waals surface area contributed by atoms with E-state index in [0.717, 1.165) is 30.4 Å². The molecule has 1 aliphatic carbocycles. The van der Waals surface area contributed by atoms with Gasteiger partial charge in [-0.2, -0.15) is 0 Å². The third-order valence-corrected chi connectivity index (χ3v) is 6.10. The van der Waals surface area contributed by atoms with Gasteiger partial charge in [-0.3, -0.25) is 9.69 Å². The van der Waals surface area contributed by atoms with Crippen LogP contribution in [0.2, 0.25) is 0 Å². The molecule has 1 aliphatic rings. The Morgan fingerprint density at radius 1 is 0.889 bits per heavy atom. The molecule has 1 amide bonds. The first-order chi connectivity index (χ1) is 13.0. The Morgan fingerprint density at radius 3 is 1.59 bits per heavy atom. The van der Waals surface area contributed by atoms with Crippen LogP contribution in [0.3, 0.4) is 0 Å². The monoisotopic (exact) mass is 365 g/mol. The lowest BCUT2D eigenvalue weighted by Crippen LogP contribution is -2.68. The second-order valence-electron chi connectivity index (χ2n) is 7.59. The third-order valence-electron chi connectivity index (χ3n) is 6.10. The maximum Gasteiger partial charge on any atom is 0.229 e. The molecular weight excluding hydrogens is 334 g/mol. The van der Waals surface area contributed by atoms with Gasteiger partial charge in [0.2, 0.25) is 5.91 Å². The van der Waals surface area contributed by atoms with E-state index in [1.54, 1.807) is 4.90 Å². The molecule has 1 saturated carbocycles. The standard InChI is InChI=1S/C23H31N3O/c1-3-22(24,19-14-7-5-8-15-19)26(21(27)18-12-11-13-18)23(25,4-2)20-16-9-6-10-17-20/h5-10,14-18H,3-4,11-13,24-25H2,1-2H3. The summed E-state index contributed by atoms with van der Waals surface area (Å²) in [5.41, 5.74) is 13.9. The van der Waals surface area contributed by atoms with E-state index in [9.17, 15) is 4.79 Å². The van der Waals surface area contributed by atoms with Gasteiger partial charge in [-0.1, -0.05) is 80.9 Å². The van der Waals surface area contributed by atoms with Crippen LogP contribution in [0.15, 0.2) is 60.7 Å². The molecule has 27 heavy (non-hydrogen) atoms. The topological polar surface area (TPSA) is 72.3 Å². The Balaban J connectivity index is 2.17. The van der Waals surface area contributed by atoms with Gasteiger partial charge >= 0.3 is 0 Å². The fourth-order valence-electron chi connectivity index (χ4n) is 4.02. The Kier molecular flexibility index (Phi) is 5.68. The number of hydrogen-bond acceptors (Lipinski definition) is 3. The predicted octanol–water partition coefficient (Wildman–Crippen LogP) is 4.06. The number of hydrogen-bond donors (Lipinski definition) is 2. The van der Waals surface area contributed by atoms with E-state index in [1.807, 2.05) is 74.5 Å². The highest BCUT2D eigenvalue weighted by Crippen LogP contribution is 2.41. The second-order valence-corrected chi connectivity index (χ2v) is 7.59. The van der Waals surface area contributed by atoms with Gasteiger partial charge in [-0.15, -0.1) is 0 Å². The molecule has 2 aromatic rings. The van der Waals surface area contributed by atoms with Gasteiger partial charge in [0.15, 0.2) is 0 Å². The molecule has 2 atom stereocenters. The van der Waals surface area contributed by atoms with Crippen molar-refractivity contribution in [2.45, 2.75) is 57.3 Å². The first-order valence-electron chi connectivity index (χ1n) is 10.0. The van der Waals surface area contributed by atoms with E-state index in [2.05, 4.69) is 0 Å². The lowest BCUT2D eigenvalue weighted by molar-refractivity contribution is -0.158. The number of nitrogens with two attached hydrogens (primary N) is 2. The fraction of sp³-hybridized carbons (Fsp3) is 0.435. The van der Waals surface area contributed by atoms with Gasteiger partial charge in [-0.05, 0) is 36.8 Å². The minimum atomic E-state index is -0.964. The molecule has 0 radical (unpaired) electrons. The quantitative estimate of drug-likeness (QED) is 0.727. The molecule has 3 rings (SSSR count). The summed E-state index contributed by atoms with van der Waals surface area (Å²) in [5, 5.41) is 0. The van der Waals surface area contributed by atoms with Crippen molar-refractivity contribution in [3.8, 4) is 0 Å². The molecule has 0 aromatic heterocycles. The maximum atomic E-state index is 13.6. The first-order valence-corrected chi connectivity index (χ1v) is 10.0. The summed E-state index contributed by atoms with van der Waals surface area (Å²) in [4.78, 5) is 15.4. The summed E-state index contributed by atoms with van der Waals surface area (Å²) in [6, 6.07) is 19.7. The smallest absolute Gasteiger partial charge is 0.229 e. The molecule has 2 aromatic carbocycles. The molecule has 0 saturated heterocycles. The predicted molar refractivity (Wildman–Crippen MR) is 109 cm³/mol. The Hall–Kier alpha value is -2.17. The molecular formula is C23H31N3O. The number of benzene rings is 2. The summed E-state index contributed by atoms with van der Waals surface area (Å²) in [5.74, 6) is 0.0871. The molecule has 1 fully saturated rings. The van der Waals surface area contributed by atoms with Crippen LogP contribution in [-0.2, 0) is 16.1 Å². The molecule has 2 unspecified atom stereocenters. The lowest BCUT2D eigenvalue weighted by atomic mass is 9.80. The van der Waals surface area contributed by atoms with E-state index in [0.29, 0.717) is 12.8 Å². The largest absolute Gasteiger partial charge is 0.305 e. The minimum absolute atomic E-state index is 0.0152. The van der Waals surface area contributed by atoms with Gasteiger partial charge in [0.1, 0.15) is 11.3 Å². The number of rotatable bonds is 7. The zero-order valence-electron chi connectivity index (χ0n) is 16.4. The molecule has 0 spiro atoms. The molecule has 0 aliphatic heterocycles. The van der Waals surface area contributed by atoms with Crippen molar-refractivity contribution in [2.24, 2.45) is 17.4 Å². The van der Waals surface area contributed by atoms with Crippen LogP contribution in [0.25, 0.3) is 0 Å². The van der Waals surface area contributed by atoms with E-state index >= 15 is 0 Å². The van der Waals surface area contributed by atoms with Gasteiger partial charge in [0, 0.05) is 5.92 Å². The Morgan fingerprint density at radius 2 is 1.30 bits per heavy atom. The highest BCUT2D eigenvalue weighted by Gasteiger charge is 2.49. The van der Waals surface area contributed by atoms with Crippen LogP contribution in [-0.4, -0.2) is 10.8 Å². The van der Waals surface area contributed by atoms with Crippen LogP contribution in [0.4, 0.5) is 0 Å². The van der Waals surface area contributed by atoms with E-state index in [4.69, 9.17) is 11.5 Å². The van der Waals surface area contributed by atoms with Crippen LogP contribution >= 0.6 is 0 Å². The summed E-state index contributed by atoms with van der Waals surface area (Å²) < 4.78 is 0. The summed E-state index contributed by atoms with van der Waals surface area (Å²) >= 11 is 0. The van der Waals surface area contributed by atoms with E-state index in [-0.39, 0.29) is 11.8 Å². The molecule has 0 heterocycles. The number of carbonyl (C=O) groups is 1. The maximum absolute atomic E-state index is 13.6. The molecule has 4 nitrogen and oxygen atoms in total. The first kappa shape index (κ1) is 19.6. The average Bonchev–Trinajstić information content (AvgIpc) is 2.67. The highest BCUT2D eigenvalue weighted by atomic mass is 16.2. The minimum Gasteiger partial charge on any atom is -0.305 e. The molecule has 4 heteroatoms. The SMILES string of the molecule is CCC(N)(c1ccccc1)N(C(=O)C1CCC1)C(N)(CC)c1ccccc1. The van der Waals surface area contributed by atoms with Crippen LogP contribution in [0, 0.1) is 5.92 Å². The van der Waals surface area contributed by atoms with Crippen LogP contribution in [0.5, 0.6) is 0 Å². The fourth-order valence-corrected chi connectivity index (χ4v) is 4.02. The zero-order valence-corrected chi connectivity index (χ0v) is 16.4. The van der Waals surface area contributed by atoms with Gasteiger partial charge in [0.05, 0.1) is 0 Å². The summed E-state index contributed by atoms with van der Waals surface area (Å²) in [6.45, 7) is 4.05. The molecule has 4 N–H and O–H groups in total. The summed E-state index contributed by atoms with van der Waals surface area (Å²) in [7, 11) is 0. The van der Waals surface area contributed by atoms with Crippen molar-refractivity contribution in [1.82, 2.24) is 4.90 Å². The number of carbonyl (C=O) groups excluding carboxylic acids is 1. The van der Waals surface area contributed by atoms with Crippen molar-refractivity contribution >= 4 is 5.91 Å². The number of nitrogens with zero attached hydrogens (tertiary/aromatic N) is 1.